The Balaban J connectivity index is 2.06. The van der Waals surface area contributed by atoms with Crippen LogP contribution in [0.5, 0.6) is 0 Å². The maximum absolute atomic E-state index is 5.52. The topological polar surface area (TPSA) is 39.1 Å². The van der Waals surface area contributed by atoms with Crippen molar-refractivity contribution in [1.82, 2.24) is 15.1 Å². The van der Waals surface area contributed by atoms with Crippen molar-refractivity contribution in [1.29, 1.82) is 0 Å². The first-order valence-electron chi connectivity index (χ1n) is 7.09. The van der Waals surface area contributed by atoms with Gasteiger partial charge in [-0.05, 0) is 32.9 Å². The van der Waals surface area contributed by atoms with E-state index in [4.69, 9.17) is 4.74 Å². The first kappa shape index (κ1) is 13.6. The first-order valence-corrected chi connectivity index (χ1v) is 7.09. The Labute approximate surface area is 110 Å². The van der Waals surface area contributed by atoms with Crippen LogP contribution in [0.15, 0.2) is 6.07 Å². The summed E-state index contributed by atoms with van der Waals surface area (Å²) < 4.78 is 7.64. The van der Waals surface area contributed by atoms with Gasteiger partial charge in [-0.25, -0.2) is 0 Å². The largest absolute Gasteiger partial charge is 0.381 e. The molecular formula is C14H25N3O. The highest BCUT2D eigenvalue weighted by Gasteiger charge is 2.26. The number of ether oxygens (including phenoxy) is 1. The molecule has 2 atom stereocenters. The van der Waals surface area contributed by atoms with Crippen LogP contribution in [0.1, 0.15) is 31.7 Å². The highest BCUT2D eigenvalue weighted by Crippen LogP contribution is 2.20. The van der Waals surface area contributed by atoms with Crippen molar-refractivity contribution in [3.05, 3.63) is 17.5 Å². The minimum absolute atomic E-state index is 0.513. The van der Waals surface area contributed by atoms with E-state index in [0.717, 1.165) is 38.4 Å². The number of aromatic nitrogens is 2. The van der Waals surface area contributed by atoms with E-state index in [1.54, 1.807) is 0 Å². The van der Waals surface area contributed by atoms with Gasteiger partial charge in [0.25, 0.3) is 0 Å². The average molecular weight is 251 g/mol. The van der Waals surface area contributed by atoms with E-state index in [9.17, 15) is 0 Å². The van der Waals surface area contributed by atoms with Crippen LogP contribution in [0.4, 0.5) is 0 Å². The van der Waals surface area contributed by atoms with E-state index < -0.39 is 0 Å². The van der Waals surface area contributed by atoms with Crippen LogP contribution in [-0.2, 0) is 17.7 Å². The first-order chi connectivity index (χ1) is 8.74. The Morgan fingerprint density at radius 1 is 1.56 bits per heavy atom. The van der Waals surface area contributed by atoms with Gasteiger partial charge < -0.3 is 10.1 Å². The molecule has 0 saturated carbocycles. The fourth-order valence-electron chi connectivity index (χ4n) is 2.80. The van der Waals surface area contributed by atoms with Crippen molar-refractivity contribution < 1.29 is 4.74 Å². The molecule has 0 bridgehead atoms. The van der Waals surface area contributed by atoms with Gasteiger partial charge in [-0.1, -0.05) is 6.92 Å². The molecule has 2 rings (SSSR count). The summed E-state index contributed by atoms with van der Waals surface area (Å²) in [6.07, 6.45) is 2.23. The second kappa shape index (κ2) is 6.34. The Morgan fingerprint density at radius 3 is 3.00 bits per heavy atom. The summed E-state index contributed by atoms with van der Waals surface area (Å²) in [6, 6.07) is 2.72. The third-order valence-electron chi connectivity index (χ3n) is 3.71. The summed E-state index contributed by atoms with van der Waals surface area (Å²) in [5.41, 5.74) is 2.46. The van der Waals surface area contributed by atoms with Gasteiger partial charge in [-0.15, -0.1) is 0 Å². The Bertz CT molecular complexity index is 369. The molecular weight excluding hydrogens is 226 g/mol. The molecule has 0 amide bonds. The summed E-state index contributed by atoms with van der Waals surface area (Å²) in [4.78, 5) is 0. The van der Waals surface area contributed by atoms with Gasteiger partial charge in [-0.2, -0.15) is 5.10 Å². The van der Waals surface area contributed by atoms with Gasteiger partial charge in [0.1, 0.15) is 0 Å². The van der Waals surface area contributed by atoms with Crippen LogP contribution in [0, 0.1) is 12.8 Å². The highest BCUT2D eigenvalue weighted by molar-refractivity contribution is 5.11. The Hall–Kier alpha value is -0.870. The number of likely N-dealkylation sites (N-methyl/N-ethyl adjacent to an activating group) is 1. The summed E-state index contributed by atoms with van der Waals surface area (Å²) >= 11 is 0. The van der Waals surface area contributed by atoms with E-state index in [1.807, 2.05) is 0 Å². The minimum Gasteiger partial charge on any atom is -0.381 e. The van der Waals surface area contributed by atoms with Crippen LogP contribution in [-0.4, -0.2) is 35.6 Å². The van der Waals surface area contributed by atoms with Gasteiger partial charge in [0.2, 0.25) is 0 Å². The van der Waals surface area contributed by atoms with E-state index in [1.165, 1.54) is 12.1 Å². The van der Waals surface area contributed by atoms with Crippen LogP contribution in [0.3, 0.4) is 0 Å². The monoisotopic (exact) mass is 251 g/mol. The molecule has 1 saturated heterocycles. The smallest absolute Gasteiger partial charge is 0.0596 e. The Kier molecular flexibility index (Phi) is 4.78. The predicted octanol–water partition coefficient (Wildman–Crippen LogP) is 1.77. The molecule has 0 aromatic carbocycles. The van der Waals surface area contributed by atoms with Crippen LogP contribution in [0.2, 0.25) is 0 Å². The molecule has 18 heavy (non-hydrogen) atoms. The molecule has 1 fully saturated rings. The number of aryl methyl sites for hydroxylation is 2. The predicted molar refractivity (Wildman–Crippen MR) is 72.7 cm³/mol. The zero-order valence-corrected chi connectivity index (χ0v) is 11.8. The molecule has 1 N–H and O–H groups in total. The van der Waals surface area contributed by atoms with Gasteiger partial charge in [-0.3, -0.25) is 4.68 Å². The van der Waals surface area contributed by atoms with E-state index in [0.29, 0.717) is 12.0 Å². The Morgan fingerprint density at radius 2 is 2.39 bits per heavy atom. The fraction of sp³-hybridized carbons (Fsp3) is 0.786. The standard InChI is InChI=1S/C14H25N3O/c1-4-15-14(12-6-7-18-10-12)9-13-8-11(3)16-17(13)5-2/h8,12,14-15H,4-7,9-10H2,1-3H3. The van der Waals surface area contributed by atoms with Crippen LogP contribution < -0.4 is 5.32 Å². The third kappa shape index (κ3) is 3.12. The molecule has 1 aromatic rings. The number of hydrogen-bond donors (Lipinski definition) is 1. The second-order valence-corrected chi connectivity index (χ2v) is 5.08. The molecule has 102 valence electrons. The number of hydrogen-bond acceptors (Lipinski definition) is 3. The zero-order valence-electron chi connectivity index (χ0n) is 11.8. The summed E-state index contributed by atoms with van der Waals surface area (Å²) in [5.74, 6) is 0.644. The molecule has 1 aromatic heterocycles. The molecule has 2 heterocycles. The van der Waals surface area contributed by atoms with Crippen molar-refractivity contribution in [3.63, 3.8) is 0 Å². The molecule has 1 aliphatic heterocycles. The van der Waals surface area contributed by atoms with E-state index in [-0.39, 0.29) is 0 Å². The molecule has 0 spiro atoms. The maximum atomic E-state index is 5.52. The molecule has 4 nitrogen and oxygen atoms in total. The number of nitrogens with zero attached hydrogens (tertiary/aromatic N) is 2. The second-order valence-electron chi connectivity index (χ2n) is 5.08. The molecule has 0 radical (unpaired) electrons. The maximum Gasteiger partial charge on any atom is 0.0596 e. The lowest BCUT2D eigenvalue weighted by molar-refractivity contribution is 0.176. The lowest BCUT2D eigenvalue weighted by atomic mass is 9.94. The van der Waals surface area contributed by atoms with Gasteiger partial charge in [0.15, 0.2) is 0 Å². The van der Waals surface area contributed by atoms with Crippen molar-refractivity contribution in [2.75, 3.05) is 19.8 Å². The van der Waals surface area contributed by atoms with E-state index >= 15 is 0 Å². The molecule has 4 heteroatoms. The van der Waals surface area contributed by atoms with Gasteiger partial charge >= 0.3 is 0 Å². The van der Waals surface area contributed by atoms with E-state index in [2.05, 4.69) is 41.9 Å². The lowest BCUT2D eigenvalue weighted by Gasteiger charge is -2.23. The summed E-state index contributed by atoms with van der Waals surface area (Å²) in [5, 5.41) is 8.14. The summed E-state index contributed by atoms with van der Waals surface area (Å²) in [6.45, 7) is 10.2. The van der Waals surface area contributed by atoms with Crippen molar-refractivity contribution in [3.8, 4) is 0 Å². The third-order valence-corrected chi connectivity index (χ3v) is 3.71. The lowest BCUT2D eigenvalue weighted by Crippen LogP contribution is -2.38. The quantitative estimate of drug-likeness (QED) is 0.837. The number of rotatable bonds is 6. The SMILES string of the molecule is CCNC(Cc1cc(C)nn1CC)C1CCOC1. The zero-order chi connectivity index (χ0) is 13.0. The highest BCUT2D eigenvalue weighted by atomic mass is 16.5. The van der Waals surface area contributed by atoms with Crippen LogP contribution >= 0.6 is 0 Å². The fourth-order valence-corrected chi connectivity index (χ4v) is 2.80. The number of nitrogens with one attached hydrogen (secondary N) is 1. The van der Waals surface area contributed by atoms with Crippen molar-refractivity contribution >= 4 is 0 Å². The minimum atomic E-state index is 0.513. The van der Waals surface area contributed by atoms with Gasteiger partial charge in [0, 0.05) is 37.2 Å². The van der Waals surface area contributed by atoms with Crippen molar-refractivity contribution in [2.45, 2.75) is 46.2 Å². The normalized spacial score (nSPS) is 21.4. The molecule has 1 aliphatic rings. The average Bonchev–Trinajstić information content (AvgIpc) is 2.97. The van der Waals surface area contributed by atoms with Crippen LogP contribution in [0.25, 0.3) is 0 Å². The van der Waals surface area contributed by atoms with Crippen molar-refractivity contribution in [2.24, 2.45) is 5.92 Å². The van der Waals surface area contributed by atoms with Gasteiger partial charge in [0.05, 0.1) is 12.3 Å². The molecule has 0 aliphatic carbocycles. The summed E-state index contributed by atoms with van der Waals surface area (Å²) in [7, 11) is 0. The molecule has 2 unspecified atom stereocenters.